The van der Waals surface area contributed by atoms with E-state index >= 15 is 0 Å². The molecule has 26 heavy (non-hydrogen) atoms. The average Bonchev–Trinajstić information content (AvgIpc) is 2.65. The van der Waals surface area contributed by atoms with Gasteiger partial charge in [-0.1, -0.05) is 18.2 Å². The van der Waals surface area contributed by atoms with Crippen LogP contribution in [-0.2, 0) is 13.0 Å². The van der Waals surface area contributed by atoms with Crippen LogP contribution in [0.15, 0.2) is 41.4 Å². The van der Waals surface area contributed by atoms with E-state index in [4.69, 9.17) is 9.47 Å². The number of halogens is 1. The SMILES string of the molecule is CN=C(NCCc1ccc(F)cc1C)NCc1cccc(OC)c1OC. The number of methoxy groups -OCH3 is 2. The third kappa shape index (κ3) is 5.12. The number of ether oxygens (including phenoxy) is 2. The summed E-state index contributed by atoms with van der Waals surface area (Å²) in [5.41, 5.74) is 3.05. The molecule has 0 amide bonds. The van der Waals surface area contributed by atoms with Gasteiger partial charge in [0, 0.05) is 25.7 Å². The molecule has 0 aliphatic heterocycles. The molecule has 0 radical (unpaired) electrons. The monoisotopic (exact) mass is 359 g/mol. The molecular weight excluding hydrogens is 333 g/mol. The van der Waals surface area contributed by atoms with Crippen LogP contribution in [0.4, 0.5) is 4.39 Å². The van der Waals surface area contributed by atoms with Crippen molar-refractivity contribution < 1.29 is 13.9 Å². The van der Waals surface area contributed by atoms with Gasteiger partial charge in [-0.3, -0.25) is 4.99 Å². The van der Waals surface area contributed by atoms with Crippen LogP contribution in [0, 0.1) is 12.7 Å². The molecule has 2 aromatic rings. The maximum Gasteiger partial charge on any atom is 0.191 e. The second kappa shape index (κ2) is 9.65. The highest BCUT2D eigenvalue weighted by molar-refractivity contribution is 5.79. The number of hydrogen-bond donors (Lipinski definition) is 2. The highest BCUT2D eigenvalue weighted by atomic mass is 19.1. The summed E-state index contributed by atoms with van der Waals surface area (Å²) in [4.78, 5) is 4.23. The topological polar surface area (TPSA) is 54.9 Å². The molecule has 0 aromatic heterocycles. The summed E-state index contributed by atoms with van der Waals surface area (Å²) in [7, 11) is 4.97. The van der Waals surface area contributed by atoms with Crippen molar-refractivity contribution in [3.63, 3.8) is 0 Å². The number of nitrogens with one attached hydrogen (secondary N) is 2. The molecule has 0 atom stereocenters. The van der Waals surface area contributed by atoms with E-state index < -0.39 is 0 Å². The third-order valence-electron chi connectivity index (χ3n) is 4.15. The predicted molar refractivity (Wildman–Crippen MR) is 103 cm³/mol. The zero-order valence-corrected chi connectivity index (χ0v) is 15.7. The lowest BCUT2D eigenvalue weighted by atomic mass is 10.1. The van der Waals surface area contributed by atoms with Gasteiger partial charge in [-0.2, -0.15) is 0 Å². The van der Waals surface area contributed by atoms with Crippen LogP contribution in [0.25, 0.3) is 0 Å². The van der Waals surface area contributed by atoms with Gasteiger partial charge >= 0.3 is 0 Å². The van der Waals surface area contributed by atoms with E-state index in [1.165, 1.54) is 6.07 Å². The van der Waals surface area contributed by atoms with Gasteiger partial charge in [0.2, 0.25) is 0 Å². The fourth-order valence-corrected chi connectivity index (χ4v) is 2.75. The van der Waals surface area contributed by atoms with Crippen molar-refractivity contribution in [2.45, 2.75) is 19.9 Å². The number of aliphatic imine (C=N–C) groups is 1. The second-order valence-corrected chi connectivity index (χ2v) is 5.83. The van der Waals surface area contributed by atoms with Crippen molar-refractivity contribution >= 4 is 5.96 Å². The minimum absolute atomic E-state index is 0.205. The lowest BCUT2D eigenvalue weighted by molar-refractivity contribution is 0.351. The van der Waals surface area contributed by atoms with Gasteiger partial charge in [0.05, 0.1) is 14.2 Å². The van der Waals surface area contributed by atoms with Gasteiger partial charge in [-0.25, -0.2) is 4.39 Å². The first-order valence-electron chi connectivity index (χ1n) is 8.48. The van der Waals surface area contributed by atoms with Crippen molar-refractivity contribution in [3.05, 3.63) is 58.9 Å². The quantitative estimate of drug-likeness (QED) is 0.589. The standard InChI is InChI=1S/C20H26FN3O2/c1-14-12-17(21)9-8-15(14)10-11-23-20(22-2)24-13-16-6-5-7-18(25-3)19(16)26-4/h5-9,12H,10-11,13H2,1-4H3,(H2,22,23,24). The molecule has 0 aliphatic carbocycles. The van der Waals surface area contributed by atoms with Gasteiger partial charge in [-0.05, 0) is 42.7 Å². The lowest BCUT2D eigenvalue weighted by Gasteiger charge is -2.15. The van der Waals surface area contributed by atoms with Gasteiger partial charge in [0.1, 0.15) is 5.82 Å². The molecule has 2 N–H and O–H groups in total. The van der Waals surface area contributed by atoms with E-state index in [9.17, 15) is 4.39 Å². The Morgan fingerprint density at radius 1 is 1.08 bits per heavy atom. The number of rotatable bonds is 7. The third-order valence-corrected chi connectivity index (χ3v) is 4.15. The zero-order valence-electron chi connectivity index (χ0n) is 15.7. The van der Waals surface area contributed by atoms with Crippen LogP contribution in [0.2, 0.25) is 0 Å². The largest absolute Gasteiger partial charge is 0.493 e. The molecule has 2 rings (SSSR count). The van der Waals surface area contributed by atoms with Crippen LogP contribution < -0.4 is 20.1 Å². The summed E-state index contributed by atoms with van der Waals surface area (Å²) in [6.07, 6.45) is 0.787. The second-order valence-electron chi connectivity index (χ2n) is 5.83. The lowest BCUT2D eigenvalue weighted by Crippen LogP contribution is -2.38. The van der Waals surface area contributed by atoms with Crippen LogP contribution in [0.5, 0.6) is 11.5 Å². The maximum atomic E-state index is 13.2. The van der Waals surface area contributed by atoms with E-state index in [-0.39, 0.29) is 5.82 Å². The molecule has 0 fully saturated rings. The molecule has 0 aliphatic rings. The molecule has 0 heterocycles. The van der Waals surface area contributed by atoms with Crippen molar-refractivity contribution in [2.75, 3.05) is 27.8 Å². The molecule has 2 aromatic carbocycles. The summed E-state index contributed by atoms with van der Waals surface area (Å²) in [5, 5.41) is 6.53. The van der Waals surface area contributed by atoms with E-state index in [2.05, 4.69) is 15.6 Å². The van der Waals surface area contributed by atoms with Gasteiger partial charge in [0.15, 0.2) is 17.5 Å². The summed E-state index contributed by atoms with van der Waals surface area (Å²) < 4.78 is 23.9. The molecule has 0 saturated carbocycles. The van der Waals surface area contributed by atoms with Crippen LogP contribution in [0.3, 0.4) is 0 Å². The number of hydrogen-bond acceptors (Lipinski definition) is 3. The molecule has 140 valence electrons. The first-order chi connectivity index (χ1) is 12.6. The maximum absolute atomic E-state index is 13.2. The Balaban J connectivity index is 1.90. The summed E-state index contributed by atoms with van der Waals surface area (Å²) >= 11 is 0. The Bertz CT molecular complexity index is 763. The number of nitrogens with zero attached hydrogens (tertiary/aromatic N) is 1. The molecular formula is C20H26FN3O2. The summed E-state index contributed by atoms with van der Waals surface area (Å²) in [6.45, 7) is 3.16. The fourth-order valence-electron chi connectivity index (χ4n) is 2.75. The van der Waals surface area contributed by atoms with Crippen molar-refractivity contribution in [1.29, 1.82) is 0 Å². The number of para-hydroxylation sites is 1. The number of guanidine groups is 1. The molecule has 5 nitrogen and oxygen atoms in total. The Morgan fingerprint density at radius 3 is 2.54 bits per heavy atom. The first-order valence-corrected chi connectivity index (χ1v) is 8.48. The summed E-state index contributed by atoms with van der Waals surface area (Å²) in [5.74, 6) is 1.89. The average molecular weight is 359 g/mol. The zero-order chi connectivity index (χ0) is 18.9. The van der Waals surface area contributed by atoms with Crippen LogP contribution >= 0.6 is 0 Å². The molecule has 0 bridgehead atoms. The van der Waals surface area contributed by atoms with E-state index in [0.717, 1.165) is 23.1 Å². The highest BCUT2D eigenvalue weighted by Gasteiger charge is 2.10. The van der Waals surface area contributed by atoms with Gasteiger partial charge < -0.3 is 20.1 Å². The summed E-state index contributed by atoms with van der Waals surface area (Å²) in [6, 6.07) is 10.6. The van der Waals surface area contributed by atoms with Crippen LogP contribution in [0.1, 0.15) is 16.7 Å². The van der Waals surface area contributed by atoms with Crippen LogP contribution in [-0.4, -0.2) is 33.8 Å². The van der Waals surface area contributed by atoms with E-state index in [1.807, 2.05) is 31.2 Å². The Labute approximate surface area is 154 Å². The first kappa shape index (κ1) is 19.6. The minimum Gasteiger partial charge on any atom is -0.493 e. The normalized spacial score (nSPS) is 11.2. The van der Waals surface area contributed by atoms with E-state index in [1.54, 1.807) is 27.3 Å². The Kier molecular flexibility index (Phi) is 7.26. The molecule has 0 spiro atoms. The smallest absolute Gasteiger partial charge is 0.191 e. The molecule has 0 saturated heterocycles. The fraction of sp³-hybridized carbons (Fsp3) is 0.350. The predicted octanol–water partition coefficient (Wildman–Crippen LogP) is 3.06. The van der Waals surface area contributed by atoms with E-state index in [0.29, 0.717) is 30.5 Å². The Morgan fingerprint density at radius 2 is 1.88 bits per heavy atom. The van der Waals surface area contributed by atoms with Gasteiger partial charge in [0.25, 0.3) is 0 Å². The number of aryl methyl sites for hydroxylation is 1. The molecule has 6 heteroatoms. The number of benzene rings is 2. The van der Waals surface area contributed by atoms with Crippen molar-refractivity contribution in [3.8, 4) is 11.5 Å². The van der Waals surface area contributed by atoms with Crippen molar-refractivity contribution in [1.82, 2.24) is 10.6 Å². The highest BCUT2D eigenvalue weighted by Crippen LogP contribution is 2.30. The Hall–Kier alpha value is -2.76. The van der Waals surface area contributed by atoms with Crippen molar-refractivity contribution in [2.24, 2.45) is 4.99 Å². The minimum atomic E-state index is -0.205. The van der Waals surface area contributed by atoms with Gasteiger partial charge in [-0.15, -0.1) is 0 Å². The molecule has 0 unspecified atom stereocenters.